The molecule has 8 nitrogen and oxygen atoms in total. The van der Waals surface area contributed by atoms with E-state index in [1.807, 2.05) is 42.5 Å². The zero-order valence-electron chi connectivity index (χ0n) is 22.5. The molecule has 1 aliphatic carbocycles. The first-order chi connectivity index (χ1) is 18.7. The van der Waals surface area contributed by atoms with E-state index in [9.17, 15) is 18.0 Å². The highest BCUT2D eigenvalue weighted by Gasteiger charge is 2.52. The highest BCUT2D eigenvalue weighted by atomic mass is 32.2. The largest absolute Gasteiger partial charge is 0.496 e. The number of hydrogen-bond acceptors (Lipinski definition) is 6. The summed E-state index contributed by atoms with van der Waals surface area (Å²) in [4.78, 5) is 25.5. The Morgan fingerprint density at radius 2 is 1.69 bits per heavy atom. The molecule has 0 spiro atoms. The third-order valence-corrected chi connectivity index (χ3v) is 8.80. The number of aryl methyl sites for hydroxylation is 1. The van der Waals surface area contributed by atoms with Crippen LogP contribution in [0.2, 0.25) is 0 Å². The van der Waals surface area contributed by atoms with Crippen molar-refractivity contribution in [3.8, 4) is 5.75 Å². The van der Waals surface area contributed by atoms with Crippen LogP contribution in [0.4, 0.5) is 5.69 Å². The van der Waals surface area contributed by atoms with Crippen molar-refractivity contribution in [1.29, 1.82) is 0 Å². The molecule has 4 rings (SSSR count). The number of ether oxygens (including phenoxy) is 2. The molecule has 0 saturated heterocycles. The summed E-state index contributed by atoms with van der Waals surface area (Å²) in [5.74, 6) is -0.104. The molecule has 0 aromatic heterocycles. The van der Waals surface area contributed by atoms with Crippen molar-refractivity contribution < 1.29 is 27.5 Å². The molecule has 9 heteroatoms. The fourth-order valence-corrected chi connectivity index (χ4v) is 6.06. The second-order valence-electron chi connectivity index (χ2n) is 9.63. The van der Waals surface area contributed by atoms with Crippen LogP contribution < -0.4 is 10.1 Å². The number of rotatable bonds is 12. The Hall–Kier alpha value is -3.69. The number of esters is 1. The number of carbonyl (C=O) groups is 2. The number of nitrogens with zero attached hydrogens (tertiary/aromatic N) is 1. The van der Waals surface area contributed by atoms with Crippen molar-refractivity contribution >= 4 is 27.6 Å². The lowest BCUT2D eigenvalue weighted by molar-refractivity contribution is -0.146. The molecule has 3 aromatic rings. The van der Waals surface area contributed by atoms with E-state index in [0.29, 0.717) is 30.0 Å². The van der Waals surface area contributed by atoms with Crippen LogP contribution >= 0.6 is 0 Å². The summed E-state index contributed by atoms with van der Waals surface area (Å²) in [5, 5.41) is 2.80. The SMILES string of the molecule is CCOC(=O)C1(c2ccc(NC(=O)CN(CCc3ccccc3)S(=O)(=O)c3ccc(OC)c(C)c3)cc2)CC1. The molecule has 1 saturated carbocycles. The third kappa shape index (κ3) is 6.49. The molecule has 0 bridgehead atoms. The molecule has 1 amide bonds. The van der Waals surface area contributed by atoms with Gasteiger partial charge in [0.15, 0.2) is 0 Å². The number of methoxy groups -OCH3 is 1. The Balaban J connectivity index is 1.50. The van der Waals surface area contributed by atoms with Crippen LogP contribution in [-0.4, -0.2) is 51.4 Å². The highest BCUT2D eigenvalue weighted by molar-refractivity contribution is 7.89. The van der Waals surface area contributed by atoms with E-state index >= 15 is 0 Å². The van der Waals surface area contributed by atoms with E-state index in [4.69, 9.17) is 9.47 Å². The van der Waals surface area contributed by atoms with Gasteiger partial charge < -0.3 is 14.8 Å². The van der Waals surface area contributed by atoms with E-state index < -0.39 is 21.3 Å². The molecule has 3 aromatic carbocycles. The molecule has 1 aliphatic rings. The molecule has 39 heavy (non-hydrogen) atoms. The van der Waals surface area contributed by atoms with Crippen LogP contribution in [0.5, 0.6) is 5.75 Å². The molecule has 0 radical (unpaired) electrons. The summed E-state index contributed by atoms with van der Waals surface area (Å²) < 4.78 is 39.0. The summed E-state index contributed by atoms with van der Waals surface area (Å²) in [6, 6.07) is 21.3. The Labute approximate surface area is 230 Å². The van der Waals surface area contributed by atoms with Crippen molar-refractivity contribution in [1.82, 2.24) is 4.31 Å². The molecule has 1 N–H and O–H groups in total. The maximum absolute atomic E-state index is 13.6. The first kappa shape index (κ1) is 28.3. The van der Waals surface area contributed by atoms with Crippen LogP contribution in [0.1, 0.15) is 36.5 Å². The summed E-state index contributed by atoms with van der Waals surface area (Å²) in [7, 11) is -2.44. The van der Waals surface area contributed by atoms with Gasteiger partial charge in [0, 0.05) is 12.2 Å². The monoisotopic (exact) mass is 550 g/mol. The topological polar surface area (TPSA) is 102 Å². The zero-order valence-corrected chi connectivity index (χ0v) is 23.3. The summed E-state index contributed by atoms with van der Waals surface area (Å²) in [6.45, 7) is 3.66. The van der Waals surface area contributed by atoms with Crippen LogP contribution in [0, 0.1) is 6.92 Å². The average molecular weight is 551 g/mol. The molecule has 1 fully saturated rings. The number of benzene rings is 3. The summed E-state index contributed by atoms with van der Waals surface area (Å²) in [6.07, 6.45) is 1.92. The van der Waals surface area contributed by atoms with Gasteiger partial charge in [0.2, 0.25) is 15.9 Å². The second kappa shape index (κ2) is 12.0. The second-order valence-corrected chi connectivity index (χ2v) is 11.6. The Morgan fingerprint density at radius 1 is 1.00 bits per heavy atom. The zero-order chi connectivity index (χ0) is 28.0. The molecule has 0 aliphatic heterocycles. The minimum absolute atomic E-state index is 0.0970. The quantitative estimate of drug-likeness (QED) is 0.334. The molecule has 0 atom stereocenters. The van der Waals surface area contributed by atoms with Crippen molar-refractivity contribution in [2.24, 2.45) is 0 Å². The Morgan fingerprint density at radius 3 is 2.28 bits per heavy atom. The summed E-state index contributed by atoms with van der Waals surface area (Å²) >= 11 is 0. The van der Waals surface area contributed by atoms with Gasteiger partial charge in [0.05, 0.1) is 30.6 Å². The minimum Gasteiger partial charge on any atom is -0.496 e. The lowest BCUT2D eigenvalue weighted by Gasteiger charge is -2.22. The first-order valence-corrected chi connectivity index (χ1v) is 14.4. The van der Waals surface area contributed by atoms with E-state index in [2.05, 4.69) is 5.32 Å². The third-order valence-electron chi connectivity index (χ3n) is 6.95. The number of nitrogens with one attached hydrogen (secondary N) is 1. The van der Waals surface area contributed by atoms with Crippen molar-refractivity contribution in [3.63, 3.8) is 0 Å². The Bertz CT molecular complexity index is 1420. The van der Waals surface area contributed by atoms with E-state index in [1.165, 1.54) is 17.5 Å². The number of sulfonamides is 1. The normalized spacial score (nSPS) is 14.1. The first-order valence-electron chi connectivity index (χ1n) is 13.0. The van der Waals surface area contributed by atoms with Gasteiger partial charge in [-0.05, 0) is 80.1 Å². The van der Waals surface area contributed by atoms with E-state index in [0.717, 1.165) is 24.0 Å². The van der Waals surface area contributed by atoms with Crippen LogP contribution in [-0.2, 0) is 36.2 Å². The number of carbonyl (C=O) groups excluding carboxylic acids is 2. The van der Waals surface area contributed by atoms with Crippen molar-refractivity contribution in [2.75, 3.05) is 32.1 Å². The van der Waals surface area contributed by atoms with Gasteiger partial charge in [0.25, 0.3) is 0 Å². The van der Waals surface area contributed by atoms with Crippen molar-refractivity contribution in [3.05, 3.63) is 89.5 Å². The van der Waals surface area contributed by atoms with E-state index in [1.54, 1.807) is 38.1 Å². The fourth-order valence-electron chi connectivity index (χ4n) is 4.58. The molecule has 206 valence electrons. The van der Waals surface area contributed by atoms with Crippen LogP contribution in [0.3, 0.4) is 0 Å². The lowest BCUT2D eigenvalue weighted by atomic mass is 9.96. The van der Waals surface area contributed by atoms with Crippen LogP contribution in [0.15, 0.2) is 77.7 Å². The van der Waals surface area contributed by atoms with Gasteiger partial charge in [0.1, 0.15) is 5.75 Å². The minimum atomic E-state index is -3.97. The predicted octanol–water partition coefficient (Wildman–Crippen LogP) is 4.47. The number of hydrogen-bond donors (Lipinski definition) is 1. The van der Waals surface area contributed by atoms with Gasteiger partial charge in [-0.25, -0.2) is 8.42 Å². The lowest BCUT2D eigenvalue weighted by Crippen LogP contribution is -2.39. The van der Waals surface area contributed by atoms with Crippen LogP contribution in [0.25, 0.3) is 0 Å². The van der Waals surface area contributed by atoms with Crippen molar-refractivity contribution in [2.45, 2.75) is 43.4 Å². The molecule has 0 heterocycles. The standard InChI is InChI=1S/C30H34N2O6S/c1-4-38-29(34)30(17-18-30)24-10-12-25(13-11-24)31-28(33)21-32(19-16-23-8-6-5-7-9-23)39(35,36)26-14-15-27(37-3)22(2)20-26/h5-15,20H,4,16-19,21H2,1-3H3,(H,31,33). The highest BCUT2D eigenvalue weighted by Crippen LogP contribution is 2.49. The molecular formula is C30H34N2O6S. The van der Waals surface area contributed by atoms with Gasteiger partial charge in [-0.2, -0.15) is 4.31 Å². The van der Waals surface area contributed by atoms with Gasteiger partial charge >= 0.3 is 5.97 Å². The molecular weight excluding hydrogens is 516 g/mol. The van der Waals surface area contributed by atoms with E-state index in [-0.39, 0.29) is 24.0 Å². The predicted molar refractivity (Wildman–Crippen MR) is 149 cm³/mol. The summed E-state index contributed by atoms with van der Waals surface area (Å²) in [5.41, 5.74) is 2.42. The smallest absolute Gasteiger partial charge is 0.316 e. The van der Waals surface area contributed by atoms with Gasteiger partial charge in [-0.15, -0.1) is 0 Å². The Kier molecular flexibility index (Phi) is 8.72. The number of anilines is 1. The fraction of sp³-hybridized carbons (Fsp3) is 0.333. The molecule has 0 unspecified atom stereocenters. The van der Waals surface area contributed by atoms with Gasteiger partial charge in [-0.3, -0.25) is 9.59 Å². The average Bonchev–Trinajstić information content (AvgIpc) is 3.74. The maximum atomic E-state index is 13.6. The van der Waals surface area contributed by atoms with Gasteiger partial charge in [-0.1, -0.05) is 42.5 Å². The maximum Gasteiger partial charge on any atom is 0.316 e. The number of amides is 1.